The standard InChI is InChI=1S/C18H30N2/c1-13-7-8-16(9-14(13)2)11-20-12-17(18(4,5)6)19-10-15(20)3/h7-9,15,17,19H,10-12H2,1-6H3. The number of hydrogen-bond donors (Lipinski definition) is 1. The van der Waals surface area contributed by atoms with Crippen LogP contribution in [0.2, 0.25) is 0 Å². The lowest BCUT2D eigenvalue weighted by Crippen LogP contribution is -2.59. The summed E-state index contributed by atoms with van der Waals surface area (Å²) in [5, 5.41) is 3.70. The molecule has 0 aliphatic carbocycles. The predicted molar refractivity (Wildman–Crippen MR) is 87.0 cm³/mol. The highest BCUT2D eigenvalue weighted by molar-refractivity contribution is 5.29. The first-order valence-corrected chi connectivity index (χ1v) is 7.81. The zero-order valence-corrected chi connectivity index (χ0v) is 14.0. The Balaban J connectivity index is 2.08. The Labute approximate surface area is 124 Å². The Morgan fingerprint density at radius 2 is 1.90 bits per heavy atom. The van der Waals surface area contributed by atoms with Crippen LogP contribution in [0.3, 0.4) is 0 Å². The smallest absolute Gasteiger partial charge is 0.0244 e. The van der Waals surface area contributed by atoms with Gasteiger partial charge in [0.05, 0.1) is 0 Å². The third-order valence-corrected chi connectivity index (χ3v) is 4.70. The molecule has 0 aromatic heterocycles. The second-order valence-electron chi connectivity index (χ2n) is 7.52. The first kappa shape index (κ1) is 15.5. The van der Waals surface area contributed by atoms with Gasteiger partial charge in [-0.1, -0.05) is 39.0 Å². The van der Waals surface area contributed by atoms with Crippen LogP contribution in [0.25, 0.3) is 0 Å². The van der Waals surface area contributed by atoms with Gasteiger partial charge in [0.15, 0.2) is 0 Å². The molecule has 0 radical (unpaired) electrons. The SMILES string of the molecule is Cc1ccc(CN2CC(C(C)(C)C)NCC2C)cc1C. The molecule has 1 saturated heterocycles. The first-order chi connectivity index (χ1) is 9.27. The van der Waals surface area contributed by atoms with Crippen LogP contribution in [0, 0.1) is 19.3 Å². The Bertz CT molecular complexity index is 459. The third kappa shape index (κ3) is 3.62. The maximum atomic E-state index is 3.70. The van der Waals surface area contributed by atoms with Gasteiger partial charge in [0.25, 0.3) is 0 Å². The molecule has 0 saturated carbocycles. The second-order valence-corrected chi connectivity index (χ2v) is 7.52. The highest BCUT2D eigenvalue weighted by Crippen LogP contribution is 2.24. The molecule has 1 aromatic rings. The summed E-state index contributed by atoms with van der Waals surface area (Å²) in [5.74, 6) is 0. The molecule has 2 nitrogen and oxygen atoms in total. The van der Waals surface area contributed by atoms with Gasteiger partial charge in [-0.25, -0.2) is 0 Å². The lowest BCUT2D eigenvalue weighted by Gasteiger charge is -2.44. The molecular weight excluding hydrogens is 244 g/mol. The van der Waals surface area contributed by atoms with Crippen molar-refractivity contribution in [1.82, 2.24) is 10.2 Å². The van der Waals surface area contributed by atoms with Crippen molar-refractivity contribution in [2.75, 3.05) is 13.1 Å². The van der Waals surface area contributed by atoms with Crippen molar-refractivity contribution in [2.45, 2.75) is 60.2 Å². The molecule has 0 amide bonds. The van der Waals surface area contributed by atoms with E-state index in [0.29, 0.717) is 17.5 Å². The van der Waals surface area contributed by atoms with Gasteiger partial charge in [0.1, 0.15) is 0 Å². The molecule has 2 heteroatoms. The number of hydrogen-bond acceptors (Lipinski definition) is 2. The number of aryl methyl sites for hydroxylation is 2. The van der Waals surface area contributed by atoms with E-state index in [2.05, 4.69) is 70.0 Å². The molecule has 1 N–H and O–H groups in total. The molecule has 20 heavy (non-hydrogen) atoms. The second kappa shape index (κ2) is 5.87. The van der Waals surface area contributed by atoms with Crippen LogP contribution >= 0.6 is 0 Å². The Kier molecular flexibility index (Phi) is 4.55. The number of rotatable bonds is 2. The van der Waals surface area contributed by atoms with E-state index in [1.54, 1.807) is 0 Å². The molecule has 1 aliphatic rings. The lowest BCUT2D eigenvalue weighted by molar-refractivity contribution is 0.0877. The first-order valence-electron chi connectivity index (χ1n) is 7.81. The van der Waals surface area contributed by atoms with Crippen LogP contribution in [0.1, 0.15) is 44.4 Å². The van der Waals surface area contributed by atoms with E-state index < -0.39 is 0 Å². The fourth-order valence-corrected chi connectivity index (χ4v) is 2.86. The van der Waals surface area contributed by atoms with Gasteiger partial charge in [-0.15, -0.1) is 0 Å². The van der Waals surface area contributed by atoms with Crippen LogP contribution in [0.15, 0.2) is 18.2 Å². The normalized spacial score (nSPS) is 24.9. The fraction of sp³-hybridized carbons (Fsp3) is 0.667. The number of nitrogens with one attached hydrogen (secondary N) is 1. The minimum absolute atomic E-state index is 0.321. The summed E-state index contributed by atoms with van der Waals surface area (Å²) in [6.07, 6.45) is 0. The molecule has 0 spiro atoms. The van der Waals surface area contributed by atoms with Gasteiger partial charge in [-0.2, -0.15) is 0 Å². The molecule has 1 heterocycles. The summed E-state index contributed by atoms with van der Waals surface area (Å²) in [6.45, 7) is 17.0. The molecule has 2 atom stereocenters. The third-order valence-electron chi connectivity index (χ3n) is 4.70. The van der Waals surface area contributed by atoms with Crippen LogP contribution in [0.5, 0.6) is 0 Å². The summed E-state index contributed by atoms with van der Waals surface area (Å²) in [7, 11) is 0. The maximum absolute atomic E-state index is 3.70. The van der Waals surface area contributed by atoms with E-state index in [-0.39, 0.29) is 0 Å². The van der Waals surface area contributed by atoms with E-state index >= 15 is 0 Å². The van der Waals surface area contributed by atoms with Crippen molar-refractivity contribution in [3.63, 3.8) is 0 Å². The molecular formula is C18H30N2. The molecule has 1 aliphatic heterocycles. The molecule has 1 aromatic carbocycles. The molecule has 2 rings (SSSR count). The predicted octanol–water partition coefficient (Wildman–Crippen LogP) is 3.51. The monoisotopic (exact) mass is 274 g/mol. The Morgan fingerprint density at radius 3 is 2.50 bits per heavy atom. The minimum Gasteiger partial charge on any atom is -0.311 e. The van der Waals surface area contributed by atoms with E-state index in [1.807, 2.05) is 0 Å². The summed E-state index contributed by atoms with van der Waals surface area (Å²) in [6, 6.07) is 8.05. The maximum Gasteiger partial charge on any atom is 0.0244 e. The highest BCUT2D eigenvalue weighted by Gasteiger charge is 2.32. The van der Waals surface area contributed by atoms with Gasteiger partial charge < -0.3 is 5.32 Å². The van der Waals surface area contributed by atoms with Crippen molar-refractivity contribution in [1.29, 1.82) is 0 Å². The van der Waals surface area contributed by atoms with E-state index in [4.69, 9.17) is 0 Å². The van der Waals surface area contributed by atoms with Crippen LogP contribution in [-0.4, -0.2) is 30.1 Å². The van der Waals surface area contributed by atoms with Crippen LogP contribution < -0.4 is 5.32 Å². The quantitative estimate of drug-likeness (QED) is 0.888. The minimum atomic E-state index is 0.321. The van der Waals surface area contributed by atoms with E-state index in [0.717, 1.165) is 19.6 Å². The lowest BCUT2D eigenvalue weighted by atomic mass is 9.84. The molecule has 1 fully saturated rings. The number of piperazine rings is 1. The van der Waals surface area contributed by atoms with E-state index in [1.165, 1.54) is 16.7 Å². The molecule has 112 valence electrons. The van der Waals surface area contributed by atoms with Crippen molar-refractivity contribution in [3.05, 3.63) is 34.9 Å². The summed E-state index contributed by atoms with van der Waals surface area (Å²) < 4.78 is 0. The summed E-state index contributed by atoms with van der Waals surface area (Å²) in [4.78, 5) is 2.62. The molecule has 2 unspecified atom stereocenters. The highest BCUT2D eigenvalue weighted by atomic mass is 15.2. The largest absolute Gasteiger partial charge is 0.311 e. The Morgan fingerprint density at radius 1 is 1.20 bits per heavy atom. The van der Waals surface area contributed by atoms with Gasteiger partial charge in [-0.05, 0) is 42.9 Å². The summed E-state index contributed by atoms with van der Waals surface area (Å²) >= 11 is 0. The van der Waals surface area contributed by atoms with Crippen molar-refractivity contribution in [2.24, 2.45) is 5.41 Å². The van der Waals surface area contributed by atoms with Crippen LogP contribution in [0.4, 0.5) is 0 Å². The zero-order chi connectivity index (χ0) is 14.9. The average Bonchev–Trinajstić information content (AvgIpc) is 2.35. The van der Waals surface area contributed by atoms with Gasteiger partial charge in [-0.3, -0.25) is 4.90 Å². The summed E-state index contributed by atoms with van der Waals surface area (Å²) in [5.41, 5.74) is 4.54. The van der Waals surface area contributed by atoms with Crippen molar-refractivity contribution < 1.29 is 0 Å². The Hall–Kier alpha value is -0.860. The molecule has 0 bridgehead atoms. The topological polar surface area (TPSA) is 15.3 Å². The van der Waals surface area contributed by atoms with Crippen LogP contribution in [-0.2, 0) is 6.54 Å². The van der Waals surface area contributed by atoms with Gasteiger partial charge >= 0.3 is 0 Å². The van der Waals surface area contributed by atoms with Crippen molar-refractivity contribution >= 4 is 0 Å². The van der Waals surface area contributed by atoms with Crippen molar-refractivity contribution in [3.8, 4) is 0 Å². The zero-order valence-electron chi connectivity index (χ0n) is 14.0. The fourth-order valence-electron chi connectivity index (χ4n) is 2.86. The van der Waals surface area contributed by atoms with E-state index in [9.17, 15) is 0 Å². The van der Waals surface area contributed by atoms with Gasteiger partial charge in [0.2, 0.25) is 0 Å². The number of nitrogens with zero attached hydrogens (tertiary/aromatic N) is 1. The number of benzene rings is 1. The average molecular weight is 274 g/mol. The van der Waals surface area contributed by atoms with Gasteiger partial charge in [0, 0.05) is 31.7 Å².